The van der Waals surface area contributed by atoms with Gasteiger partial charge in [0.05, 0.1) is 11.9 Å². The zero-order chi connectivity index (χ0) is 16.0. The molecule has 1 aromatic carbocycles. The third-order valence-electron chi connectivity index (χ3n) is 3.73. The molecule has 1 aliphatic rings. The van der Waals surface area contributed by atoms with Crippen molar-refractivity contribution in [1.82, 2.24) is 4.31 Å². The van der Waals surface area contributed by atoms with Crippen molar-refractivity contribution in [1.29, 1.82) is 0 Å². The van der Waals surface area contributed by atoms with E-state index in [1.54, 1.807) is 6.07 Å². The van der Waals surface area contributed by atoms with Crippen LogP contribution in [0.1, 0.15) is 24.8 Å². The Morgan fingerprint density at radius 2 is 2.05 bits per heavy atom. The van der Waals surface area contributed by atoms with Crippen LogP contribution in [0.25, 0.3) is 0 Å². The monoisotopic (exact) mass is 330 g/mol. The molecule has 1 aromatic rings. The molecule has 1 fully saturated rings. The first-order chi connectivity index (χ1) is 10.5. The maximum atomic E-state index is 13.1. The molecule has 0 saturated carbocycles. The van der Waals surface area contributed by atoms with Crippen molar-refractivity contribution in [3.8, 4) is 0 Å². The van der Waals surface area contributed by atoms with E-state index in [9.17, 15) is 12.8 Å². The van der Waals surface area contributed by atoms with Crippen molar-refractivity contribution in [3.63, 3.8) is 0 Å². The minimum atomic E-state index is -3.41. The molecule has 0 spiro atoms. The Hall–Kier alpha value is -1.02. The van der Waals surface area contributed by atoms with Gasteiger partial charge in [0.2, 0.25) is 10.0 Å². The van der Waals surface area contributed by atoms with Crippen LogP contribution in [0.5, 0.6) is 0 Å². The van der Waals surface area contributed by atoms with Gasteiger partial charge >= 0.3 is 0 Å². The largest absolute Gasteiger partial charge is 0.378 e. The quantitative estimate of drug-likeness (QED) is 0.769. The predicted molar refractivity (Wildman–Crippen MR) is 83.2 cm³/mol. The second kappa shape index (κ2) is 8.01. The summed E-state index contributed by atoms with van der Waals surface area (Å²) in [6.07, 6.45) is 2.30. The molecular weight excluding hydrogens is 307 g/mol. The Labute approximate surface area is 131 Å². The van der Waals surface area contributed by atoms with Crippen LogP contribution in [-0.2, 0) is 20.5 Å². The molecule has 0 aromatic heterocycles. The number of benzene rings is 1. The van der Waals surface area contributed by atoms with Gasteiger partial charge in [-0.1, -0.05) is 12.1 Å². The smallest absolute Gasteiger partial charge is 0.218 e. The number of nitrogens with zero attached hydrogens (tertiary/aromatic N) is 1. The average Bonchev–Trinajstić information content (AvgIpc) is 2.47. The summed E-state index contributed by atoms with van der Waals surface area (Å²) in [5, 5.41) is 0. The lowest BCUT2D eigenvalue weighted by atomic mass is 10.1. The molecule has 0 amide bonds. The number of hydrogen-bond donors (Lipinski definition) is 1. The Morgan fingerprint density at radius 1 is 1.32 bits per heavy atom. The minimum Gasteiger partial charge on any atom is -0.378 e. The summed E-state index contributed by atoms with van der Waals surface area (Å²) in [6, 6.07) is 5.72. The molecule has 0 aliphatic carbocycles. The second-order valence-electron chi connectivity index (χ2n) is 5.50. The van der Waals surface area contributed by atoms with Crippen LogP contribution >= 0.6 is 0 Å². The minimum absolute atomic E-state index is 0.104. The van der Waals surface area contributed by atoms with E-state index in [-0.39, 0.29) is 11.9 Å². The first-order valence-corrected chi connectivity index (χ1v) is 9.16. The molecule has 1 aliphatic heterocycles. The van der Waals surface area contributed by atoms with Gasteiger partial charge < -0.3 is 10.5 Å². The Kier molecular flexibility index (Phi) is 6.31. The molecule has 0 radical (unpaired) electrons. The van der Waals surface area contributed by atoms with E-state index in [1.165, 1.54) is 22.5 Å². The first kappa shape index (κ1) is 17.3. The molecule has 1 saturated heterocycles. The van der Waals surface area contributed by atoms with Gasteiger partial charge in [-0.3, -0.25) is 0 Å². The lowest BCUT2D eigenvalue weighted by molar-refractivity contribution is 0.0208. The molecular formula is C15H23FN2O3S. The number of rotatable bonds is 7. The van der Waals surface area contributed by atoms with Gasteiger partial charge in [0, 0.05) is 19.7 Å². The number of piperidine rings is 1. The summed E-state index contributed by atoms with van der Waals surface area (Å²) in [7, 11) is -3.41. The van der Waals surface area contributed by atoms with E-state index in [2.05, 4.69) is 0 Å². The summed E-state index contributed by atoms with van der Waals surface area (Å²) in [4.78, 5) is 0. The van der Waals surface area contributed by atoms with Crippen molar-refractivity contribution < 1.29 is 17.5 Å². The van der Waals surface area contributed by atoms with Crippen molar-refractivity contribution in [2.24, 2.45) is 5.73 Å². The van der Waals surface area contributed by atoms with Gasteiger partial charge in [-0.05, 0) is 43.5 Å². The van der Waals surface area contributed by atoms with Crippen LogP contribution in [0, 0.1) is 5.82 Å². The number of ether oxygens (including phenoxy) is 1. The molecule has 0 atom stereocenters. The fourth-order valence-corrected chi connectivity index (χ4v) is 4.09. The van der Waals surface area contributed by atoms with Crippen LogP contribution in [0.2, 0.25) is 0 Å². The molecule has 0 unspecified atom stereocenters. The molecule has 2 N–H and O–H groups in total. The molecule has 1 heterocycles. The van der Waals surface area contributed by atoms with E-state index in [0.717, 1.165) is 6.42 Å². The third kappa shape index (κ3) is 5.01. The van der Waals surface area contributed by atoms with E-state index in [0.29, 0.717) is 44.6 Å². The Bertz CT molecular complexity index is 572. The van der Waals surface area contributed by atoms with Gasteiger partial charge in [0.1, 0.15) is 5.82 Å². The molecule has 0 bridgehead atoms. The number of nitrogens with two attached hydrogens (primary N) is 1. The van der Waals surface area contributed by atoms with E-state index in [1.807, 2.05) is 0 Å². The molecule has 124 valence electrons. The van der Waals surface area contributed by atoms with Gasteiger partial charge in [-0.2, -0.15) is 0 Å². The zero-order valence-corrected chi connectivity index (χ0v) is 13.4. The third-order valence-corrected chi connectivity index (χ3v) is 5.58. The van der Waals surface area contributed by atoms with E-state index < -0.39 is 15.8 Å². The van der Waals surface area contributed by atoms with Crippen LogP contribution in [-0.4, -0.2) is 45.1 Å². The standard InChI is InChI=1S/C15H23FN2O3S/c16-14-4-1-3-13(11-14)12-22(19,20)18-8-5-15(6-9-18)21-10-2-7-17/h1,3-4,11,15H,2,5-10,12,17H2. The van der Waals surface area contributed by atoms with Crippen molar-refractivity contribution in [2.45, 2.75) is 31.1 Å². The lowest BCUT2D eigenvalue weighted by Crippen LogP contribution is -2.41. The van der Waals surface area contributed by atoms with Crippen LogP contribution in [0.15, 0.2) is 24.3 Å². The molecule has 2 rings (SSSR count). The van der Waals surface area contributed by atoms with Crippen LogP contribution in [0.4, 0.5) is 4.39 Å². The average molecular weight is 330 g/mol. The normalized spacial score (nSPS) is 17.7. The highest BCUT2D eigenvalue weighted by molar-refractivity contribution is 7.88. The van der Waals surface area contributed by atoms with E-state index in [4.69, 9.17) is 10.5 Å². The van der Waals surface area contributed by atoms with Crippen molar-refractivity contribution in [2.75, 3.05) is 26.2 Å². The van der Waals surface area contributed by atoms with Gasteiger partial charge in [0.25, 0.3) is 0 Å². The molecule has 22 heavy (non-hydrogen) atoms. The summed E-state index contributed by atoms with van der Waals surface area (Å²) in [5.41, 5.74) is 5.89. The van der Waals surface area contributed by atoms with Crippen molar-refractivity contribution >= 4 is 10.0 Å². The van der Waals surface area contributed by atoms with Crippen LogP contribution < -0.4 is 5.73 Å². The zero-order valence-electron chi connectivity index (χ0n) is 12.6. The van der Waals surface area contributed by atoms with Gasteiger partial charge in [-0.25, -0.2) is 17.1 Å². The Balaban J connectivity index is 1.87. The number of hydrogen-bond acceptors (Lipinski definition) is 4. The second-order valence-corrected chi connectivity index (χ2v) is 7.47. The van der Waals surface area contributed by atoms with E-state index >= 15 is 0 Å². The van der Waals surface area contributed by atoms with Gasteiger partial charge in [0.15, 0.2) is 0 Å². The highest BCUT2D eigenvalue weighted by Crippen LogP contribution is 2.19. The summed E-state index contributed by atoms with van der Waals surface area (Å²) < 4.78 is 45.0. The highest BCUT2D eigenvalue weighted by atomic mass is 32.2. The summed E-state index contributed by atoms with van der Waals surface area (Å²) in [5.74, 6) is -0.580. The number of sulfonamides is 1. The summed E-state index contributed by atoms with van der Waals surface area (Å²) in [6.45, 7) is 2.12. The molecule has 5 nitrogen and oxygen atoms in total. The predicted octanol–water partition coefficient (Wildman–Crippen LogP) is 1.49. The maximum Gasteiger partial charge on any atom is 0.218 e. The maximum absolute atomic E-state index is 13.1. The lowest BCUT2D eigenvalue weighted by Gasteiger charge is -2.31. The fraction of sp³-hybridized carbons (Fsp3) is 0.600. The topological polar surface area (TPSA) is 72.6 Å². The molecule has 7 heteroatoms. The number of halogens is 1. The summed E-state index contributed by atoms with van der Waals surface area (Å²) >= 11 is 0. The van der Waals surface area contributed by atoms with Gasteiger partial charge in [-0.15, -0.1) is 0 Å². The SMILES string of the molecule is NCCCOC1CCN(S(=O)(=O)Cc2cccc(F)c2)CC1. The van der Waals surface area contributed by atoms with Crippen molar-refractivity contribution in [3.05, 3.63) is 35.6 Å². The first-order valence-electron chi connectivity index (χ1n) is 7.55. The highest BCUT2D eigenvalue weighted by Gasteiger charge is 2.28. The van der Waals surface area contributed by atoms with Crippen LogP contribution in [0.3, 0.4) is 0 Å². The fourth-order valence-electron chi connectivity index (χ4n) is 2.54. The Morgan fingerprint density at radius 3 is 2.68 bits per heavy atom.